The maximum absolute atomic E-state index is 10.1. The fraction of sp³-hybridized carbons (Fsp3) is 0.500. The molecule has 41 heavy (non-hydrogen) atoms. The van der Waals surface area contributed by atoms with Gasteiger partial charge in [0.25, 0.3) is 0 Å². The third-order valence-corrected chi connectivity index (χ3v) is 6.76. The molecule has 0 saturated heterocycles. The molecule has 4 rings (SSSR count). The molecule has 0 aliphatic carbocycles. The SMILES string of the molecule is CCN1CC(=NCC(C)O)C(=C(\N)OC(C)C)/C=C/c2c[nH]c3ncc(cc23)-c2c(COC)nn(C)c2OC(C)C1. The second kappa shape index (κ2) is 13.3. The van der Waals surface area contributed by atoms with Gasteiger partial charge in [0.15, 0.2) is 5.88 Å². The Kier molecular flexibility index (Phi) is 9.85. The number of aromatic nitrogens is 4. The van der Waals surface area contributed by atoms with Crippen molar-refractivity contribution in [1.29, 1.82) is 0 Å². The number of aliphatic hydroxyl groups excluding tert-OH is 1. The van der Waals surface area contributed by atoms with E-state index in [1.807, 2.05) is 52.4 Å². The molecule has 0 spiro atoms. The van der Waals surface area contributed by atoms with Crippen LogP contribution in [0.1, 0.15) is 45.9 Å². The summed E-state index contributed by atoms with van der Waals surface area (Å²) in [4.78, 5) is 15.0. The summed E-state index contributed by atoms with van der Waals surface area (Å²) in [7, 11) is 3.53. The van der Waals surface area contributed by atoms with Gasteiger partial charge in [-0.3, -0.25) is 9.89 Å². The number of likely N-dealkylation sites (N-methyl/N-ethyl adjacent to an activating group) is 1. The molecule has 1 aliphatic heterocycles. The molecular formula is C30H43N7O4. The maximum Gasteiger partial charge on any atom is 0.220 e. The third-order valence-electron chi connectivity index (χ3n) is 6.76. The second-order valence-electron chi connectivity index (χ2n) is 10.7. The number of aliphatic hydroxyl groups is 1. The summed E-state index contributed by atoms with van der Waals surface area (Å²) in [5.74, 6) is 0.939. The second-order valence-corrected chi connectivity index (χ2v) is 10.7. The van der Waals surface area contributed by atoms with Crippen molar-refractivity contribution >= 4 is 22.8 Å². The van der Waals surface area contributed by atoms with Crippen LogP contribution in [0.2, 0.25) is 0 Å². The summed E-state index contributed by atoms with van der Waals surface area (Å²) in [6, 6.07) is 2.09. The topological polar surface area (TPSA) is 136 Å². The van der Waals surface area contributed by atoms with Gasteiger partial charge in [0.05, 0.1) is 47.9 Å². The quantitative estimate of drug-likeness (QED) is 0.370. The van der Waals surface area contributed by atoms with Gasteiger partial charge in [0.1, 0.15) is 11.8 Å². The molecule has 0 amide bonds. The van der Waals surface area contributed by atoms with Crippen LogP contribution in [0.4, 0.5) is 0 Å². The van der Waals surface area contributed by atoms with Crippen LogP contribution >= 0.6 is 0 Å². The van der Waals surface area contributed by atoms with Crippen LogP contribution in [0.5, 0.6) is 5.88 Å². The van der Waals surface area contributed by atoms with Gasteiger partial charge in [-0.2, -0.15) is 5.10 Å². The summed E-state index contributed by atoms with van der Waals surface area (Å²) in [6.07, 6.45) is 6.77. The number of methoxy groups -OCH3 is 1. The number of rotatable bonds is 7. The fourth-order valence-electron chi connectivity index (χ4n) is 4.91. The van der Waals surface area contributed by atoms with E-state index >= 15 is 0 Å². The van der Waals surface area contributed by atoms with E-state index in [2.05, 4.69) is 22.9 Å². The molecule has 222 valence electrons. The van der Waals surface area contributed by atoms with Crippen LogP contribution in [0.3, 0.4) is 0 Å². The molecule has 11 nitrogen and oxygen atoms in total. The minimum Gasteiger partial charge on any atom is -0.476 e. The van der Waals surface area contributed by atoms with Gasteiger partial charge in [-0.1, -0.05) is 13.0 Å². The standard InChI is InChI=1S/C30H43N7O4/c1-8-37-15-20(5)41-30-27(26(17-39-7)35-36(30)6)22-11-24-21(13-33-29(24)34-14-22)9-10-23(28(31)40-18(2)3)25(16-37)32-12-19(4)38/h9-11,13-14,18-20,38H,8,12,15-17,31H2,1-7H3,(H,33,34)/b10-9+,28-23+,32-25?. The number of fused-ring (bicyclic) bond motifs is 3. The van der Waals surface area contributed by atoms with Gasteiger partial charge in [-0.05, 0) is 46.4 Å². The highest BCUT2D eigenvalue weighted by molar-refractivity contribution is 6.05. The zero-order chi connectivity index (χ0) is 29.7. The minimum absolute atomic E-state index is 0.116. The number of hydrogen-bond donors (Lipinski definition) is 3. The molecular weight excluding hydrogens is 522 g/mol. The van der Waals surface area contributed by atoms with E-state index in [4.69, 9.17) is 35.0 Å². The lowest BCUT2D eigenvalue weighted by atomic mass is 10.0. The Morgan fingerprint density at radius 2 is 2.10 bits per heavy atom. The van der Waals surface area contributed by atoms with E-state index in [1.54, 1.807) is 18.7 Å². The number of nitrogens with zero attached hydrogens (tertiary/aromatic N) is 5. The highest BCUT2D eigenvalue weighted by atomic mass is 16.5. The normalized spacial score (nSPS) is 20.5. The smallest absolute Gasteiger partial charge is 0.220 e. The van der Waals surface area contributed by atoms with Crippen LogP contribution in [0.25, 0.3) is 28.2 Å². The number of H-pyrrole nitrogens is 1. The highest BCUT2D eigenvalue weighted by Crippen LogP contribution is 2.36. The Morgan fingerprint density at radius 3 is 2.78 bits per heavy atom. The van der Waals surface area contributed by atoms with Gasteiger partial charge >= 0.3 is 0 Å². The molecule has 4 heterocycles. The fourth-order valence-corrected chi connectivity index (χ4v) is 4.91. The molecule has 0 saturated carbocycles. The molecule has 3 aromatic heterocycles. The van der Waals surface area contributed by atoms with Crippen molar-refractivity contribution in [1.82, 2.24) is 24.6 Å². The molecule has 0 fully saturated rings. The molecule has 2 unspecified atom stereocenters. The number of aryl methyl sites for hydroxylation is 1. The van der Waals surface area contributed by atoms with E-state index in [-0.39, 0.29) is 24.6 Å². The number of aliphatic imine (C=N–C) groups is 1. The molecule has 1 aliphatic rings. The zero-order valence-electron chi connectivity index (χ0n) is 25.1. The van der Waals surface area contributed by atoms with Gasteiger partial charge in [0.2, 0.25) is 5.88 Å². The number of hydrogen-bond acceptors (Lipinski definition) is 9. The first kappa shape index (κ1) is 30.3. The Bertz CT molecular complexity index is 1430. The van der Waals surface area contributed by atoms with E-state index in [0.717, 1.165) is 45.7 Å². The van der Waals surface area contributed by atoms with Crippen molar-refractivity contribution in [2.45, 2.75) is 59.5 Å². The number of nitrogens with two attached hydrogens (primary N) is 1. The minimum atomic E-state index is -0.600. The van der Waals surface area contributed by atoms with Crippen molar-refractivity contribution in [2.75, 3.05) is 33.3 Å². The highest BCUT2D eigenvalue weighted by Gasteiger charge is 2.24. The number of pyridine rings is 1. The average Bonchev–Trinajstić information content (AvgIpc) is 3.45. The summed E-state index contributed by atoms with van der Waals surface area (Å²) in [6.45, 7) is 12.2. The van der Waals surface area contributed by atoms with E-state index < -0.39 is 6.10 Å². The molecule has 2 bridgehead atoms. The van der Waals surface area contributed by atoms with E-state index in [9.17, 15) is 5.11 Å². The number of nitrogens with one attached hydrogen (secondary N) is 1. The summed E-state index contributed by atoms with van der Waals surface area (Å²) < 4.78 is 19.8. The first-order valence-corrected chi connectivity index (χ1v) is 14.1. The van der Waals surface area contributed by atoms with Crippen molar-refractivity contribution < 1.29 is 19.3 Å². The Balaban J connectivity index is 1.95. The van der Waals surface area contributed by atoms with Crippen LogP contribution in [0.15, 0.2) is 41.0 Å². The number of aromatic amines is 1. The third kappa shape index (κ3) is 7.16. The molecule has 4 N–H and O–H groups in total. The first-order chi connectivity index (χ1) is 19.6. The van der Waals surface area contributed by atoms with Crippen molar-refractivity contribution in [3.05, 3.63) is 47.2 Å². The molecule has 2 atom stereocenters. The summed E-state index contributed by atoms with van der Waals surface area (Å²) >= 11 is 0. The predicted molar refractivity (Wildman–Crippen MR) is 162 cm³/mol. The Hall–Kier alpha value is -3.67. The van der Waals surface area contributed by atoms with Crippen LogP contribution in [-0.4, -0.2) is 87.1 Å². The number of ether oxygens (including phenoxy) is 3. The maximum atomic E-state index is 10.1. The monoisotopic (exact) mass is 565 g/mol. The van der Waals surface area contributed by atoms with E-state index in [0.29, 0.717) is 31.1 Å². The molecule has 0 radical (unpaired) electrons. The average molecular weight is 566 g/mol. The predicted octanol–water partition coefficient (Wildman–Crippen LogP) is 3.64. The first-order valence-electron chi connectivity index (χ1n) is 14.1. The largest absolute Gasteiger partial charge is 0.476 e. The van der Waals surface area contributed by atoms with Crippen molar-refractivity contribution in [3.63, 3.8) is 0 Å². The van der Waals surface area contributed by atoms with Crippen LogP contribution in [-0.2, 0) is 23.1 Å². The van der Waals surface area contributed by atoms with Gasteiger partial charge in [-0.15, -0.1) is 0 Å². The molecule has 11 heteroatoms. The van der Waals surface area contributed by atoms with Gasteiger partial charge in [0, 0.05) is 56.2 Å². The summed E-state index contributed by atoms with van der Waals surface area (Å²) in [5, 5.41) is 15.7. The van der Waals surface area contributed by atoms with Gasteiger partial charge in [-0.25, -0.2) is 9.67 Å². The lowest BCUT2D eigenvalue weighted by molar-refractivity contribution is 0.143. The lowest BCUT2D eigenvalue weighted by Gasteiger charge is -2.26. The Morgan fingerprint density at radius 1 is 1.32 bits per heavy atom. The molecule has 0 aromatic carbocycles. The Labute approximate surface area is 241 Å². The van der Waals surface area contributed by atoms with Crippen LogP contribution < -0.4 is 10.5 Å². The summed E-state index contributed by atoms with van der Waals surface area (Å²) in [5.41, 5.74) is 12.1. The van der Waals surface area contributed by atoms with Gasteiger partial charge < -0.3 is 30.0 Å². The van der Waals surface area contributed by atoms with E-state index in [1.165, 1.54) is 0 Å². The lowest BCUT2D eigenvalue weighted by Crippen LogP contribution is -2.38. The van der Waals surface area contributed by atoms with Crippen molar-refractivity contribution in [2.24, 2.45) is 17.8 Å². The van der Waals surface area contributed by atoms with Crippen LogP contribution in [0, 0.1) is 0 Å². The molecule has 3 aromatic rings. The van der Waals surface area contributed by atoms with Crippen molar-refractivity contribution in [3.8, 4) is 17.0 Å². The number of allylic oxidation sites excluding steroid dienone is 1. The zero-order valence-corrected chi connectivity index (χ0v) is 25.1.